The number of aliphatic hydroxyl groups is 1. The highest BCUT2D eigenvalue weighted by atomic mass is 32.1. The van der Waals surface area contributed by atoms with Crippen LogP contribution in [0.4, 0.5) is 0 Å². The van der Waals surface area contributed by atoms with E-state index in [0.717, 1.165) is 18.1 Å². The third-order valence-electron chi connectivity index (χ3n) is 4.21. The Kier molecular flexibility index (Phi) is 5.63. The van der Waals surface area contributed by atoms with Crippen molar-refractivity contribution >= 4 is 11.3 Å². The van der Waals surface area contributed by atoms with E-state index in [1.807, 2.05) is 30.9 Å². The van der Waals surface area contributed by atoms with E-state index in [4.69, 9.17) is 4.98 Å². The summed E-state index contributed by atoms with van der Waals surface area (Å²) in [4.78, 5) is 8.24. The van der Waals surface area contributed by atoms with Crippen LogP contribution in [0.2, 0.25) is 0 Å². The summed E-state index contributed by atoms with van der Waals surface area (Å²) in [5.74, 6) is 1.67. The van der Waals surface area contributed by atoms with Crippen LogP contribution in [0.3, 0.4) is 0 Å². The summed E-state index contributed by atoms with van der Waals surface area (Å²) in [5, 5.41) is 16.2. The van der Waals surface area contributed by atoms with Crippen molar-refractivity contribution in [2.45, 2.75) is 25.9 Å². The van der Waals surface area contributed by atoms with Crippen molar-refractivity contribution in [2.24, 2.45) is 0 Å². The maximum absolute atomic E-state index is 9.46. The maximum atomic E-state index is 9.46. The number of aromatic nitrogens is 3. The molecule has 0 aliphatic carbocycles. The van der Waals surface area contributed by atoms with E-state index < -0.39 is 0 Å². The number of aryl methyl sites for hydroxylation is 1. The standard InChI is InChI=1S/C19H24N4OS/c1-14-7-4-5-9-16(14)18(22(2)3)19-20-17(21-23(19)10-11-24)13-15-8-6-12-25-15/h4-9,12,18,24H,10-11,13H2,1-3H3/t18-/m1/s1. The van der Waals surface area contributed by atoms with Crippen LogP contribution >= 0.6 is 11.3 Å². The molecule has 0 aliphatic rings. The van der Waals surface area contributed by atoms with Crippen molar-refractivity contribution in [3.05, 3.63) is 69.4 Å². The molecule has 1 atom stereocenters. The molecule has 25 heavy (non-hydrogen) atoms. The lowest BCUT2D eigenvalue weighted by Crippen LogP contribution is -2.26. The molecule has 132 valence electrons. The summed E-state index contributed by atoms with van der Waals surface area (Å²) in [6, 6.07) is 12.5. The van der Waals surface area contributed by atoms with Gasteiger partial charge in [-0.3, -0.25) is 4.90 Å². The first kappa shape index (κ1) is 17.8. The molecule has 0 bridgehead atoms. The van der Waals surface area contributed by atoms with Crippen LogP contribution in [0.25, 0.3) is 0 Å². The molecule has 0 saturated carbocycles. The van der Waals surface area contributed by atoms with Crippen molar-refractivity contribution < 1.29 is 5.11 Å². The normalized spacial score (nSPS) is 12.7. The van der Waals surface area contributed by atoms with Gasteiger partial charge in [-0.1, -0.05) is 30.3 Å². The second kappa shape index (κ2) is 7.91. The van der Waals surface area contributed by atoms with Crippen molar-refractivity contribution in [2.75, 3.05) is 20.7 Å². The number of thiophene rings is 1. The first-order valence-corrected chi connectivity index (χ1v) is 9.27. The first-order valence-electron chi connectivity index (χ1n) is 8.39. The zero-order valence-corrected chi connectivity index (χ0v) is 15.7. The number of aliphatic hydroxyl groups excluding tert-OH is 1. The smallest absolute Gasteiger partial charge is 0.156 e. The second-order valence-electron chi connectivity index (χ2n) is 6.31. The molecule has 1 N–H and O–H groups in total. The Morgan fingerprint density at radius 2 is 2.00 bits per heavy atom. The number of hydrogen-bond donors (Lipinski definition) is 1. The van der Waals surface area contributed by atoms with Crippen LogP contribution in [0.15, 0.2) is 41.8 Å². The largest absolute Gasteiger partial charge is 0.394 e. The minimum Gasteiger partial charge on any atom is -0.394 e. The van der Waals surface area contributed by atoms with Gasteiger partial charge in [0.2, 0.25) is 0 Å². The highest BCUT2D eigenvalue weighted by Gasteiger charge is 2.25. The Morgan fingerprint density at radius 1 is 1.20 bits per heavy atom. The summed E-state index contributed by atoms with van der Waals surface area (Å²) >= 11 is 1.71. The van der Waals surface area contributed by atoms with Crippen LogP contribution < -0.4 is 0 Å². The van der Waals surface area contributed by atoms with Gasteiger partial charge in [0.15, 0.2) is 5.82 Å². The van der Waals surface area contributed by atoms with Crippen molar-refractivity contribution in [1.82, 2.24) is 19.7 Å². The molecular weight excluding hydrogens is 332 g/mol. The molecule has 5 nitrogen and oxygen atoms in total. The lowest BCUT2D eigenvalue weighted by molar-refractivity contribution is 0.256. The fraction of sp³-hybridized carbons (Fsp3) is 0.368. The Hall–Kier alpha value is -2.02. The van der Waals surface area contributed by atoms with Crippen LogP contribution in [0, 0.1) is 6.92 Å². The molecular formula is C19H24N4OS. The van der Waals surface area contributed by atoms with Gasteiger partial charge in [0.25, 0.3) is 0 Å². The van der Waals surface area contributed by atoms with Gasteiger partial charge in [0.05, 0.1) is 19.2 Å². The molecule has 0 spiro atoms. The van der Waals surface area contributed by atoms with Crippen LogP contribution in [-0.2, 0) is 13.0 Å². The fourth-order valence-corrected chi connectivity index (χ4v) is 3.75. The number of benzene rings is 1. The Balaban J connectivity index is 2.02. The van der Waals surface area contributed by atoms with E-state index >= 15 is 0 Å². The van der Waals surface area contributed by atoms with Gasteiger partial charge < -0.3 is 5.11 Å². The van der Waals surface area contributed by atoms with Crippen LogP contribution in [-0.4, -0.2) is 45.5 Å². The summed E-state index contributed by atoms with van der Waals surface area (Å²) < 4.78 is 1.85. The number of hydrogen-bond acceptors (Lipinski definition) is 5. The predicted octanol–water partition coefficient (Wildman–Crippen LogP) is 2.88. The average molecular weight is 356 g/mol. The molecule has 3 rings (SSSR count). The van der Waals surface area contributed by atoms with Crippen LogP contribution in [0.1, 0.15) is 33.7 Å². The quantitative estimate of drug-likeness (QED) is 0.707. The predicted molar refractivity (Wildman–Crippen MR) is 101 cm³/mol. The molecule has 0 radical (unpaired) electrons. The minimum atomic E-state index is -0.00247. The van der Waals surface area contributed by atoms with E-state index in [9.17, 15) is 5.11 Å². The zero-order chi connectivity index (χ0) is 17.8. The molecule has 2 heterocycles. The van der Waals surface area contributed by atoms with Gasteiger partial charge in [-0.2, -0.15) is 5.10 Å². The maximum Gasteiger partial charge on any atom is 0.156 e. The molecule has 3 aromatic rings. The van der Waals surface area contributed by atoms with E-state index in [1.165, 1.54) is 16.0 Å². The molecule has 0 fully saturated rings. The van der Waals surface area contributed by atoms with E-state index in [2.05, 4.69) is 46.6 Å². The first-order chi connectivity index (χ1) is 12.1. The van der Waals surface area contributed by atoms with Gasteiger partial charge in [0, 0.05) is 11.3 Å². The average Bonchev–Trinajstić information content (AvgIpc) is 3.21. The highest BCUT2D eigenvalue weighted by molar-refractivity contribution is 7.09. The van der Waals surface area contributed by atoms with Gasteiger partial charge in [0.1, 0.15) is 5.82 Å². The molecule has 6 heteroatoms. The Morgan fingerprint density at radius 3 is 2.64 bits per heavy atom. The topological polar surface area (TPSA) is 54.2 Å². The third-order valence-corrected chi connectivity index (χ3v) is 5.09. The van der Waals surface area contributed by atoms with E-state index in [-0.39, 0.29) is 12.6 Å². The van der Waals surface area contributed by atoms with E-state index in [1.54, 1.807) is 11.3 Å². The van der Waals surface area contributed by atoms with Gasteiger partial charge in [-0.15, -0.1) is 11.3 Å². The van der Waals surface area contributed by atoms with Gasteiger partial charge >= 0.3 is 0 Å². The summed E-state index contributed by atoms with van der Waals surface area (Å²) in [6.45, 7) is 2.61. The molecule has 0 aliphatic heterocycles. The van der Waals surface area contributed by atoms with Gasteiger partial charge in [-0.25, -0.2) is 9.67 Å². The number of rotatable bonds is 7. The van der Waals surface area contributed by atoms with E-state index in [0.29, 0.717) is 6.54 Å². The summed E-state index contributed by atoms with van der Waals surface area (Å²) in [7, 11) is 4.10. The molecule has 0 amide bonds. The monoisotopic (exact) mass is 356 g/mol. The Bertz CT molecular complexity index is 811. The van der Waals surface area contributed by atoms with Crippen molar-refractivity contribution in [1.29, 1.82) is 0 Å². The molecule has 0 saturated heterocycles. The zero-order valence-electron chi connectivity index (χ0n) is 14.9. The second-order valence-corrected chi connectivity index (χ2v) is 7.34. The number of nitrogens with zero attached hydrogens (tertiary/aromatic N) is 4. The lowest BCUT2D eigenvalue weighted by Gasteiger charge is -2.25. The van der Waals surface area contributed by atoms with Crippen LogP contribution in [0.5, 0.6) is 0 Å². The minimum absolute atomic E-state index is 0.00247. The van der Waals surface area contributed by atoms with Crippen molar-refractivity contribution in [3.63, 3.8) is 0 Å². The summed E-state index contributed by atoms with van der Waals surface area (Å²) in [5.41, 5.74) is 2.43. The molecule has 2 aromatic heterocycles. The van der Waals surface area contributed by atoms with Crippen molar-refractivity contribution in [3.8, 4) is 0 Å². The summed E-state index contributed by atoms with van der Waals surface area (Å²) in [6.07, 6.45) is 0.719. The third kappa shape index (κ3) is 3.98. The Labute approximate surface area is 152 Å². The molecule has 0 unspecified atom stereocenters. The molecule has 1 aromatic carbocycles. The SMILES string of the molecule is Cc1ccccc1[C@H](c1nc(Cc2cccs2)nn1CCO)N(C)C. The van der Waals surface area contributed by atoms with Gasteiger partial charge in [-0.05, 0) is 43.6 Å². The fourth-order valence-electron chi connectivity index (χ4n) is 3.05. The lowest BCUT2D eigenvalue weighted by atomic mass is 10.00. The highest BCUT2D eigenvalue weighted by Crippen LogP contribution is 2.28.